The molecule has 0 bridgehead atoms. The van der Waals surface area contributed by atoms with Crippen molar-refractivity contribution in [2.24, 2.45) is 10.9 Å². The highest BCUT2D eigenvalue weighted by Crippen LogP contribution is 2.11. The highest BCUT2D eigenvalue weighted by Gasteiger charge is 1.99. The molecule has 0 aromatic heterocycles. The zero-order valence-electron chi connectivity index (χ0n) is 11.8. The van der Waals surface area contributed by atoms with Crippen molar-refractivity contribution in [1.29, 1.82) is 0 Å². The van der Waals surface area contributed by atoms with Gasteiger partial charge in [-0.2, -0.15) is 0 Å². The van der Waals surface area contributed by atoms with E-state index in [2.05, 4.69) is 10.5 Å². The van der Waals surface area contributed by atoms with Crippen LogP contribution in [0.25, 0.3) is 0 Å². The summed E-state index contributed by atoms with van der Waals surface area (Å²) in [6, 6.07) is 7.09. The number of nitrogens with two attached hydrogens (primary N) is 1. The Morgan fingerprint density at radius 2 is 2.00 bits per heavy atom. The van der Waals surface area contributed by atoms with Gasteiger partial charge in [-0.3, -0.25) is 0 Å². The van der Waals surface area contributed by atoms with Gasteiger partial charge in [-0.25, -0.2) is 0 Å². The second-order valence-electron chi connectivity index (χ2n) is 4.16. The number of ether oxygens (including phenoxy) is 2. The predicted molar refractivity (Wildman–Crippen MR) is 78.4 cm³/mol. The van der Waals surface area contributed by atoms with E-state index in [1.807, 2.05) is 6.92 Å². The summed E-state index contributed by atoms with van der Waals surface area (Å²) in [6.45, 7) is 5.86. The van der Waals surface area contributed by atoms with Crippen LogP contribution in [0.2, 0.25) is 0 Å². The molecule has 112 valence electrons. The Kier molecular flexibility index (Phi) is 8.17. The van der Waals surface area contributed by atoms with Gasteiger partial charge in [0.15, 0.2) is 5.84 Å². The van der Waals surface area contributed by atoms with Crippen LogP contribution in [0.3, 0.4) is 0 Å². The Morgan fingerprint density at radius 1 is 1.25 bits per heavy atom. The van der Waals surface area contributed by atoms with Gasteiger partial charge < -0.3 is 25.7 Å². The summed E-state index contributed by atoms with van der Waals surface area (Å²) in [5.41, 5.74) is 6.13. The molecule has 0 saturated heterocycles. The van der Waals surface area contributed by atoms with Crippen molar-refractivity contribution in [2.75, 3.05) is 32.9 Å². The third kappa shape index (κ3) is 6.40. The number of nitrogens with zero attached hydrogens (tertiary/aromatic N) is 1. The van der Waals surface area contributed by atoms with Crippen molar-refractivity contribution in [3.8, 4) is 5.75 Å². The first-order valence-corrected chi connectivity index (χ1v) is 6.77. The lowest BCUT2D eigenvalue weighted by atomic mass is 10.2. The average molecular weight is 281 g/mol. The Balaban J connectivity index is 2.13. The van der Waals surface area contributed by atoms with Crippen LogP contribution >= 0.6 is 0 Å². The van der Waals surface area contributed by atoms with Crippen molar-refractivity contribution >= 4 is 5.84 Å². The normalized spacial score (nSPS) is 11.6. The maximum Gasteiger partial charge on any atom is 0.170 e. The first-order chi connectivity index (χ1) is 9.77. The molecule has 0 saturated carbocycles. The zero-order valence-corrected chi connectivity index (χ0v) is 11.8. The fourth-order valence-electron chi connectivity index (χ4n) is 1.59. The van der Waals surface area contributed by atoms with Crippen LogP contribution in [0.5, 0.6) is 5.75 Å². The number of rotatable bonds is 10. The molecule has 0 atom stereocenters. The number of benzene rings is 1. The standard InChI is InChI=1S/C14H23N3O3/c1-2-19-10-3-8-16-9-11-20-13-6-4-12(5-7-13)14(15)17-18/h4-7,16,18H,2-3,8-11H2,1H3,(H2,15,17). The monoisotopic (exact) mass is 281 g/mol. The molecule has 0 aliphatic heterocycles. The lowest BCUT2D eigenvalue weighted by Crippen LogP contribution is -2.23. The van der Waals surface area contributed by atoms with Gasteiger partial charge in [0.2, 0.25) is 0 Å². The van der Waals surface area contributed by atoms with E-state index in [1.165, 1.54) is 0 Å². The van der Waals surface area contributed by atoms with Crippen molar-refractivity contribution in [2.45, 2.75) is 13.3 Å². The van der Waals surface area contributed by atoms with Gasteiger partial charge in [0.05, 0.1) is 0 Å². The van der Waals surface area contributed by atoms with Crippen molar-refractivity contribution in [3.63, 3.8) is 0 Å². The molecule has 1 aromatic rings. The SMILES string of the molecule is CCOCCCNCCOc1ccc(C(N)=NO)cc1. The fraction of sp³-hybridized carbons (Fsp3) is 0.500. The minimum atomic E-state index is 0.0903. The second-order valence-corrected chi connectivity index (χ2v) is 4.16. The summed E-state index contributed by atoms with van der Waals surface area (Å²) < 4.78 is 10.8. The molecule has 6 nitrogen and oxygen atoms in total. The van der Waals surface area contributed by atoms with E-state index in [4.69, 9.17) is 20.4 Å². The molecule has 4 N–H and O–H groups in total. The maximum atomic E-state index is 8.55. The molecule has 20 heavy (non-hydrogen) atoms. The predicted octanol–water partition coefficient (Wildman–Crippen LogP) is 1.18. The van der Waals surface area contributed by atoms with Gasteiger partial charge in [-0.1, -0.05) is 5.16 Å². The van der Waals surface area contributed by atoms with E-state index in [0.717, 1.165) is 38.5 Å². The van der Waals surface area contributed by atoms with Gasteiger partial charge in [-0.15, -0.1) is 0 Å². The molecule has 0 aliphatic rings. The Bertz CT molecular complexity index is 393. The molecule has 0 aliphatic carbocycles. The van der Waals surface area contributed by atoms with Crippen LogP contribution in [-0.4, -0.2) is 44.0 Å². The van der Waals surface area contributed by atoms with Gasteiger partial charge in [0.25, 0.3) is 0 Å². The van der Waals surface area contributed by atoms with Crippen LogP contribution in [-0.2, 0) is 4.74 Å². The Hall–Kier alpha value is -1.79. The van der Waals surface area contributed by atoms with Gasteiger partial charge in [0.1, 0.15) is 12.4 Å². The molecular formula is C14H23N3O3. The highest BCUT2D eigenvalue weighted by atomic mass is 16.5. The number of hydrogen-bond acceptors (Lipinski definition) is 5. The molecule has 1 aromatic carbocycles. The summed E-state index contributed by atoms with van der Waals surface area (Å²) in [7, 11) is 0. The van der Waals surface area contributed by atoms with E-state index >= 15 is 0 Å². The molecule has 0 spiro atoms. The Morgan fingerprint density at radius 3 is 2.65 bits per heavy atom. The van der Waals surface area contributed by atoms with E-state index in [1.54, 1.807) is 24.3 Å². The van der Waals surface area contributed by atoms with Gasteiger partial charge >= 0.3 is 0 Å². The van der Waals surface area contributed by atoms with E-state index in [0.29, 0.717) is 12.2 Å². The summed E-state index contributed by atoms with van der Waals surface area (Å²) >= 11 is 0. The van der Waals surface area contributed by atoms with E-state index < -0.39 is 0 Å². The number of nitrogens with one attached hydrogen (secondary N) is 1. The van der Waals surface area contributed by atoms with Crippen molar-refractivity contribution < 1.29 is 14.7 Å². The first-order valence-electron chi connectivity index (χ1n) is 6.77. The molecule has 6 heteroatoms. The van der Waals surface area contributed by atoms with Crippen LogP contribution in [0.4, 0.5) is 0 Å². The Labute approximate surface area is 119 Å². The van der Waals surface area contributed by atoms with Gasteiger partial charge in [-0.05, 0) is 44.2 Å². The van der Waals surface area contributed by atoms with Crippen molar-refractivity contribution in [3.05, 3.63) is 29.8 Å². The molecule has 0 unspecified atom stereocenters. The molecular weight excluding hydrogens is 258 g/mol. The van der Waals surface area contributed by atoms with E-state index in [9.17, 15) is 0 Å². The third-order valence-electron chi connectivity index (χ3n) is 2.65. The lowest BCUT2D eigenvalue weighted by Gasteiger charge is -2.08. The fourth-order valence-corrected chi connectivity index (χ4v) is 1.59. The zero-order chi connectivity index (χ0) is 14.6. The van der Waals surface area contributed by atoms with Gasteiger partial charge in [0, 0.05) is 25.3 Å². The molecule has 0 heterocycles. The molecule has 0 amide bonds. The number of oxime groups is 1. The van der Waals surface area contributed by atoms with Crippen LogP contribution < -0.4 is 15.8 Å². The van der Waals surface area contributed by atoms with Crippen LogP contribution in [0.15, 0.2) is 29.4 Å². The first kappa shape index (κ1) is 16.3. The number of hydrogen-bond donors (Lipinski definition) is 3. The van der Waals surface area contributed by atoms with Crippen LogP contribution in [0, 0.1) is 0 Å². The third-order valence-corrected chi connectivity index (χ3v) is 2.65. The largest absolute Gasteiger partial charge is 0.492 e. The molecule has 1 rings (SSSR count). The summed E-state index contributed by atoms with van der Waals surface area (Å²) in [5.74, 6) is 0.850. The highest BCUT2D eigenvalue weighted by molar-refractivity contribution is 5.97. The molecule has 0 fully saturated rings. The quantitative estimate of drug-likeness (QED) is 0.197. The lowest BCUT2D eigenvalue weighted by molar-refractivity contribution is 0.144. The maximum absolute atomic E-state index is 8.55. The average Bonchev–Trinajstić information content (AvgIpc) is 2.50. The van der Waals surface area contributed by atoms with Crippen LogP contribution in [0.1, 0.15) is 18.9 Å². The van der Waals surface area contributed by atoms with E-state index in [-0.39, 0.29) is 5.84 Å². The summed E-state index contributed by atoms with van der Waals surface area (Å²) in [4.78, 5) is 0. The number of amidine groups is 1. The smallest absolute Gasteiger partial charge is 0.170 e. The topological polar surface area (TPSA) is 89.1 Å². The summed E-state index contributed by atoms with van der Waals surface area (Å²) in [5, 5.41) is 14.8. The minimum absolute atomic E-state index is 0.0903. The van der Waals surface area contributed by atoms with Crippen molar-refractivity contribution in [1.82, 2.24) is 5.32 Å². The second kappa shape index (κ2) is 10.1. The minimum Gasteiger partial charge on any atom is -0.492 e. The summed E-state index contributed by atoms with van der Waals surface area (Å²) in [6.07, 6.45) is 1.00. The molecule has 0 radical (unpaired) electrons.